The molecule has 1 aromatic rings. The van der Waals surface area contributed by atoms with Crippen molar-refractivity contribution in [3.8, 4) is 0 Å². The topological polar surface area (TPSA) is 73.4 Å². The molecule has 1 rings (SSSR count). The number of halogens is 1. The molecule has 3 atom stereocenters. The standard InChI is InChI=1S/C25H34FN3O2S/c1-6-20(9-8-17(3)14-28-18(4)15-27-16-32)21-10-12-22(13-11-21)24(30)23(7-2)29-25(31)19(5)26/h6,8-13,15-16,19,23-24,28,30H,1,7,14H2,2-5H3,(H,27,32)(H,29,31)/b17-8+,18-15+,20-9+/t19?,23-,24?/m1/s1. The Hall–Kier alpha value is -2.77. The summed E-state index contributed by atoms with van der Waals surface area (Å²) in [7, 11) is 0. The van der Waals surface area contributed by atoms with Crippen LogP contribution in [0.15, 0.2) is 66.5 Å². The van der Waals surface area contributed by atoms with Gasteiger partial charge in [-0.2, -0.15) is 0 Å². The summed E-state index contributed by atoms with van der Waals surface area (Å²) in [6.45, 7) is 11.6. The molecule has 32 heavy (non-hydrogen) atoms. The predicted molar refractivity (Wildman–Crippen MR) is 135 cm³/mol. The molecule has 0 saturated heterocycles. The molecule has 0 saturated carbocycles. The van der Waals surface area contributed by atoms with E-state index in [4.69, 9.17) is 12.2 Å². The van der Waals surface area contributed by atoms with Crippen LogP contribution in [0.4, 0.5) is 4.39 Å². The Morgan fingerprint density at radius 1 is 1.25 bits per heavy atom. The van der Waals surface area contributed by atoms with Crippen molar-refractivity contribution in [1.29, 1.82) is 0 Å². The van der Waals surface area contributed by atoms with Gasteiger partial charge in [-0.15, -0.1) is 0 Å². The summed E-state index contributed by atoms with van der Waals surface area (Å²) in [6, 6.07) is 6.84. The predicted octanol–water partition coefficient (Wildman–Crippen LogP) is 4.49. The minimum absolute atomic E-state index is 0.480. The molecule has 0 spiro atoms. The molecule has 7 heteroatoms. The number of carbonyl (C=O) groups is 1. The third kappa shape index (κ3) is 9.16. The highest BCUT2D eigenvalue weighted by Gasteiger charge is 2.23. The van der Waals surface area contributed by atoms with Crippen molar-refractivity contribution in [2.75, 3.05) is 6.54 Å². The normalized spacial score (nSPS) is 15.4. The molecule has 0 radical (unpaired) electrons. The van der Waals surface area contributed by atoms with E-state index in [1.807, 2.05) is 45.1 Å². The highest BCUT2D eigenvalue weighted by Crippen LogP contribution is 2.23. The summed E-state index contributed by atoms with van der Waals surface area (Å²) in [6.07, 6.45) is 5.52. The number of hydrogen-bond donors (Lipinski definition) is 4. The SMILES string of the molecule is C=C/C(=C\C=C(/C)CN/C(C)=C/NC=S)c1ccc(C(O)[C@@H](CC)NC(=O)C(C)F)cc1. The van der Waals surface area contributed by atoms with Gasteiger partial charge in [-0.05, 0) is 43.9 Å². The van der Waals surface area contributed by atoms with Gasteiger partial charge in [-0.1, -0.05) is 73.8 Å². The fourth-order valence-electron chi connectivity index (χ4n) is 2.87. The number of benzene rings is 1. The quantitative estimate of drug-likeness (QED) is 0.258. The number of rotatable bonds is 13. The molecule has 0 aliphatic heterocycles. The molecule has 5 nitrogen and oxygen atoms in total. The summed E-state index contributed by atoms with van der Waals surface area (Å²) in [5.74, 6) is -0.721. The van der Waals surface area contributed by atoms with Gasteiger partial charge in [0, 0.05) is 18.4 Å². The largest absolute Gasteiger partial charge is 0.386 e. The number of hydrogen-bond acceptors (Lipinski definition) is 4. The monoisotopic (exact) mass is 459 g/mol. The van der Waals surface area contributed by atoms with Crippen molar-refractivity contribution in [1.82, 2.24) is 16.0 Å². The van der Waals surface area contributed by atoms with E-state index in [9.17, 15) is 14.3 Å². The zero-order valence-electron chi connectivity index (χ0n) is 19.2. The minimum Gasteiger partial charge on any atom is -0.386 e. The molecule has 174 valence electrons. The summed E-state index contributed by atoms with van der Waals surface area (Å²) in [4.78, 5) is 11.6. The molecule has 0 fully saturated rings. The molecule has 0 aliphatic rings. The van der Waals surface area contributed by atoms with Crippen LogP contribution in [0.25, 0.3) is 5.57 Å². The molecular weight excluding hydrogens is 425 g/mol. The molecule has 1 amide bonds. The Labute approximate surface area is 196 Å². The van der Waals surface area contributed by atoms with Crippen LogP contribution in [0.1, 0.15) is 51.3 Å². The highest BCUT2D eigenvalue weighted by atomic mass is 32.1. The van der Waals surface area contributed by atoms with E-state index < -0.39 is 24.2 Å². The van der Waals surface area contributed by atoms with Gasteiger partial charge in [0.15, 0.2) is 6.17 Å². The first-order chi connectivity index (χ1) is 15.2. The number of aliphatic hydroxyl groups excluding tert-OH is 1. The number of carbonyl (C=O) groups excluding carboxylic acids is 1. The first-order valence-corrected chi connectivity index (χ1v) is 11.0. The van der Waals surface area contributed by atoms with Crippen LogP contribution in [0.3, 0.4) is 0 Å². The van der Waals surface area contributed by atoms with Crippen LogP contribution < -0.4 is 16.0 Å². The van der Waals surface area contributed by atoms with E-state index in [0.29, 0.717) is 18.5 Å². The maximum Gasteiger partial charge on any atom is 0.254 e. The van der Waals surface area contributed by atoms with Gasteiger partial charge in [0.05, 0.1) is 17.6 Å². The molecular formula is C25H34FN3O2S. The second-order valence-corrected chi connectivity index (χ2v) is 7.75. The van der Waals surface area contributed by atoms with Crippen molar-refractivity contribution in [2.45, 2.75) is 52.4 Å². The lowest BCUT2D eigenvalue weighted by Crippen LogP contribution is -2.42. The molecule has 2 unspecified atom stereocenters. The second-order valence-electron chi connectivity index (χ2n) is 7.51. The fourth-order valence-corrected chi connectivity index (χ4v) is 2.94. The number of nitrogens with one attached hydrogen (secondary N) is 3. The third-order valence-electron chi connectivity index (χ3n) is 4.88. The van der Waals surface area contributed by atoms with Gasteiger partial charge >= 0.3 is 0 Å². The maximum absolute atomic E-state index is 13.2. The number of amides is 1. The third-order valence-corrected chi connectivity index (χ3v) is 5.01. The van der Waals surface area contributed by atoms with Gasteiger partial charge in [0.2, 0.25) is 0 Å². The van der Waals surface area contributed by atoms with Crippen molar-refractivity contribution in [3.63, 3.8) is 0 Å². The Balaban J connectivity index is 2.88. The van der Waals surface area contributed by atoms with Gasteiger partial charge in [0.25, 0.3) is 5.91 Å². The number of aliphatic hydroxyl groups is 1. The summed E-state index contributed by atoms with van der Waals surface area (Å²) in [5, 5.41) is 19.3. The van der Waals surface area contributed by atoms with Gasteiger partial charge in [0.1, 0.15) is 0 Å². The molecule has 1 aromatic carbocycles. The lowest BCUT2D eigenvalue weighted by molar-refractivity contribution is -0.127. The molecule has 0 aromatic heterocycles. The lowest BCUT2D eigenvalue weighted by Gasteiger charge is -2.24. The molecule has 4 N–H and O–H groups in total. The zero-order valence-corrected chi connectivity index (χ0v) is 20.0. The van der Waals surface area contributed by atoms with Crippen molar-refractivity contribution in [2.24, 2.45) is 0 Å². The maximum atomic E-state index is 13.2. The summed E-state index contributed by atoms with van der Waals surface area (Å²) < 4.78 is 13.2. The Bertz CT molecular complexity index is 860. The highest BCUT2D eigenvalue weighted by molar-refractivity contribution is 7.78. The zero-order chi connectivity index (χ0) is 24.1. The first kappa shape index (κ1) is 27.3. The average molecular weight is 460 g/mol. The van der Waals surface area contributed by atoms with Crippen LogP contribution in [0, 0.1) is 0 Å². The van der Waals surface area contributed by atoms with Gasteiger partial charge in [-0.25, -0.2) is 4.39 Å². The van der Waals surface area contributed by atoms with E-state index in [-0.39, 0.29) is 0 Å². The summed E-state index contributed by atoms with van der Waals surface area (Å²) >= 11 is 4.72. The number of allylic oxidation sites excluding steroid dienone is 5. The van der Waals surface area contributed by atoms with Crippen molar-refractivity contribution in [3.05, 3.63) is 77.7 Å². The van der Waals surface area contributed by atoms with Gasteiger partial charge in [-0.3, -0.25) is 4.79 Å². The lowest BCUT2D eigenvalue weighted by atomic mass is 9.97. The number of thiocarbonyl (C=S) groups is 1. The van der Waals surface area contributed by atoms with Crippen LogP contribution in [-0.4, -0.2) is 35.3 Å². The minimum atomic E-state index is -1.62. The van der Waals surface area contributed by atoms with E-state index >= 15 is 0 Å². The number of alkyl halides is 1. The Morgan fingerprint density at radius 2 is 1.91 bits per heavy atom. The van der Waals surface area contributed by atoms with Crippen LogP contribution in [0.2, 0.25) is 0 Å². The average Bonchev–Trinajstić information content (AvgIpc) is 2.79. The Kier molecular flexibility index (Phi) is 12.2. The second kappa shape index (κ2) is 14.3. The van der Waals surface area contributed by atoms with Crippen molar-refractivity contribution < 1.29 is 14.3 Å². The van der Waals surface area contributed by atoms with E-state index in [1.165, 1.54) is 12.4 Å². The first-order valence-electron chi connectivity index (χ1n) is 10.6. The molecule has 0 aliphatic carbocycles. The summed E-state index contributed by atoms with van der Waals surface area (Å²) in [5.41, 5.74) is 6.09. The fraction of sp³-hybridized carbons (Fsp3) is 0.360. The van der Waals surface area contributed by atoms with E-state index in [1.54, 1.807) is 24.4 Å². The van der Waals surface area contributed by atoms with E-state index in [2.05, 4.69) is 22.5 Å². The Morgan fingerprint density at radius 3 is 2.44 bits per heavy atom. The molecule has 0 heterocycles. The van der Waals surface area contributed by atoms with E-state index in [0.717, 1.165) is 22.4 Å². The molecule has 0 bridgehead atoms. The smallest absolute Gasteiger partial charge is 0.254 e. The van der Waals surface area contributed by atoms with Gasteiger partial charge < -0.3 is 21.1 Å². The van der Waals surface area contributed by atoms with Crippen LogP contribution >= 0.6 is 12.2 Å². The van der Waals surface area contributed by atoms with Crippen LogP contribution in [-0.2, 0) is 4.79 Å². The van der Waals surface area contributed by atoms with Crippen molar-refractivity contribution >= 4 is 29.2 Å². The van der Waals surface area contributed by atoms with Crippen LogP contribution in [0.5, 0.6) is 0 Å².